The maximum absolute atomic E-state index is 12.0. The van der Waals surface area contributed by atoms with Crippen molar-refractivity contribution in [2.24, 2.45) is 0 Å². The number of likely N-dealkylation sites (N-methyl/N-ethyl adjacent to an activating group) is 1. The summed E-state index contributed by atoms with van der Waals surface area (Å²) in [5.74, 6) is 0.314. The predicted molar refractivity (Wildman–Crippen MR) is 82.1 cm³/mol. The normalized spacial score (nSPS) is 17.6. The number of hydrogen-bond donors (Lipinski definition) is 2. The van der Waals surface area contributed by atoms with Crippen molar-refractivity contribution in [3.63, 3.8) is 0 Å². The number of carbonyl (C=O) groups excluding carboxylic acids is 2. The third-order valence-electron chi connectivity index (χ3n) is 3.52. The van der Waals surface area contributed by atoms with Crippen LogP contribution in [-0.2, 0) is 9.59 Å². The Morgan fingerprint density at radius 2 is 2.05 bits per heavy atom. The standard InChI is InChI=1S/C16H22N2O4/c1-3-6-12(17-2)15(19)16(20)18-9-11-10-21-13-7-4-5-8-14(13)22-11/h4-5,7-8,11-12,17H,3,6,9-10H2,1-2H3,(H,18,20). The molecule has 2 rings (SSSR count). The minimum absolute atomic E-state index is 0.238. The van der Waals surface area contributed by atoms with Crippen molar-refractivity contribution < 1.29 is 19.1 Å². The highest BCUT2D eigenvalue weighted by Gasteiger charge is 2.25. The van der Waals surface area contributed by atoms with Crippen LogP contribution in [0.4, 0.5) is 0 Å². The molecule has 0 spiro atoms. The van der Waals surface area contributed by atoms with Crippen molar-refractivity contribution in [3.8, 4) is 11.5 Å². The minimum Gasteiger partial charge on any atom is -0.486 e. The molecule has 1 aliphatic heterocycles. The van der Waals surface area contributed by atoms with Gasteiger partial charge in [0.15, 0.2) is 11.5 Å². The minimum atomic E-state index is -0.588. The van der Waals surface area contributed by atoms with Gasteiger partial charge >= 0.3 is 0 Å². The largest absolute Gasteiger partial charge is 0.486 e. The monoisotopic (exact) mass is 306 g/mol. The van der Waals surface area contributed by atoms with E-state index in [0.717, 1.165) is 6.42 Å². The lowest BCUT2D eigenvalue weighted by molar-refractivity contribution is -0.139. The van der Waals surface area contributed by atoms with E-state index in [1.807, 2.05) is 31.2 Å². The van der Waals surface area contributed by atoms with Gasteiger partial charge in [0.1, 0.15) is 12.7 Å². The lowest BCUT2D eigenvalue weighted by Crippen LogP contribution is -2.47. The summed E-state index contributed by atoms with van der Waals surface area (Å²) in [4.78, 5) is 23.9. The number of rotatable bonds is 7. The van der Waals surface area contributed by atoms with Crippen LogP contribution in [0.1, 0.15) is 19.8 Å². The van der Waals surface area contributed by atoms with E-state index >= 15 is 0 Å². The van der Waals surface area contributed by atoms with E-state index in [2.05, 4.69) is 10.6 Å². The maximum Gasteiger partial charge on any atom is 0.289 e. The van der Waals surface area contributed by atoms with Crippen LogP contribution < -0.4 is 20.1 Å². The van der Waals surface area contributed by atoms with Gasteiger partial charge in [-0.25, -0.2) is 0 Å². The smallest absolute Gasteiger partial charge is 0.289 e. The lowest BCUT2D eigenvalue weighted by atomic mass is 10.1. The number of para-hydroxylation sites is 2. The molecule has 1 aromatic rings. The molecule has 2 N–H and O–H groups in total. The van der Waals surface area contributed by atoms with Crippen molar-refractivity contribution in [2.45, 2.75) is 31.9 Å². The Bertz CT molecular complexity index is 533. The van der Waals surface area contributed by atoms with Crippen LogP contribution in [0, 0.1) is 0 Å². The van der Waals surface area contributed by atoms with Gasteiger partial charge in [0.2, 0.25) is 5.78 Å². The molecule has 1 heterocycles. The fraction of sp³-hybridized carbons (Fsp3) is 0.500. The average molecular weight is 306 g/mol. The highest BCUT2D eigenvalue weighted by atomic mass is 16.6. The first-order valence-corrected chi connectivity index (χ1v) is 7.53. The van der Waals surface area contributed by atoms with Crippen molar-refractivity contribution in [1.29, 1.82) is 0 Å². The number of amides is 1. The third kappa shape index (κ3) is 3.98. The summed E-state index contributed by atoms with van der Waals surface area (Å²) in [5, 5.41) is 5.49. The van der Waals surface area contributed by atoms with Crippen LogP contribution in [0.3, 0.4) is 0 Å². The van der Waals surface area contributed by atoms with E-state index in [9.17, 15) is 9.59 Å². The van der Waals surface area contributed by atoms with E-state index in [1.54, 1.807) is 7.05 Å². The van der Waals surface area contributed by atoms with Gasteiger partial charge in [-0.1, -0.05) is 25.5 Å². The number of nitrogens with one attached hydrogen (secondary N) is 2. The molecule has 0 aliphatic carbocycles. The molecule has 1 aromatic carbocycles. The second-order valence-corrected chi connectivity index (χ2v) is 5.20. The second-order valence-electron chi connectivity index (χ2n) is 5.20. The first-order chi connectivity index (χ1) is 10.7. The van der Waals surface area contributed by atoms with E-state index in [0.29, 0.717) is 24.5 Å². The maximum atomic E-state index is 12.0. The molecule has 22 heavy (non-hydrogen) atoms. The highest BCUT2D eigenvalue weighted by molar-refractivity contribution is 6.38. The Hall–Kier alpha value is -2.08. The highest BCUT2D eigenvalue weighted by Crippen LogP contribution is 2.30. The average Bonchev–Trinajstić information content (AvgIpc) is 2.56. The zero-order chi connectivity index (χ0) is 15.9. The summed E-state index contributed by atoms with van der Waals surface area (Å²) < 4.78 is 11.3. The molecule has 1 amide bonds. The molecule has 2 atom stereocenters. The van der Waals surface area contributed by atoms with E-state index < -0.39 is 17.7 Å². The molecular formula is C16H22N2O4. The first kappa shape index (κ1) is 16.3. The molecule has 0 saturated carbocycles. The third-order valence-corrected chi connectivity index (χ3v) is 3.52. The van der Waals surface area contributed by atoms with Crippen LogP contribution >= 0.6 is 0 Å². The van der Waals surface area contributed by atoms with Crippen LogP contribution in [0.25, 0.3) is 0 Å². The number of ether oxygens (including phenoxy) is 2. The van der Waals surface area contributed by atoms with Gasteiger partial charge in [0, 0.05) is 0 Å². The SMILES string of the molecule is CCCC(NC)C(=O)C(=O)NCC1COc2ccccc2O1. The van der Waals surface area contributed by atoms with Gasteiger partial charge in [0.25, 0.3) is 5.91 Å². The molecule has 0 bridgehead atoms. The summed E-state index contributed by atoms with van der Waals surface area (Å²) in [7, 11) is 1.68. The summed E-state index contributed by atoms with van der Waals surface area (Å²) in [6.07, 6.45) is 1.17. The van der Waals surface area contributed by atoms with Crippen LogP contribution in [0.2, 0.25) is 0 Å². The zero-order valence-electron chi connectivity index (χ0n) is 12.9. The van der Waals surface area contributed by atoms with Crippen molar-refractivity contribution >= 4 is 11.7 Å². The van der Waals surface area contributed by atoms with Crippen molar-refractivity contribution in [1.82, 2.24) is 10.6 Å². The Morgan fingerprint density at radius 3 is 2.73 bits per heavy atom. The van der Waals surface area contributed by atoms with Gasteiger partial charge in [0.05, 0.1) is 12.6 Å². The Kier molecular flexibility index (Phi) is 5.77. The Labute approximate surface area is 130 Å². The van der Waals surface area contributed by atoms with Crippen LogP contribution in [-0.4, -0.2) is 44.0 Å². The molecule has 0 saturated heterocycles. The number of hydrogen-bond acceptors (Lipinski definition) is 5. The van der Waals surface area contributed by atoms with E-state index in [1.165, 1.54) is 0 Å². The predicted octanol–water partition coefficient (Wildman–Crippen LogP) is 0.900. The molecule has 0 radical (unpaired) electrons. The number of Topliss-reactive ketones (excluding diaryl/α,β-unsaturated/α-hetero) is 1. The number of ketones is 1. The molecule has 1 aliphatic rings. The first-order valence-electron chi connectivity index (χ1n) is 7.53. The summed E-state index contributed by atoms with van der Waals surface area (Å²) in [6, 6.07) is 6.93. The number of fused-ring (bicyclic) bond motifs is 1. The fourth-order valence-corrected chi connectivity index (χ4v) is 2.31. The number of benzene rings is 1. The second kappa shape index (κ2) is 7.79. The molecule has 0 fully saturated rings. The fourth-order valence-electron chi connectivity index (χ4n) is 2.31. The van der Waals surface area contributed by atoms with Gasteiger partial charge in [-0.05, 0) is 25.6 Å². The molecule has 6 heteroatoms. The number of carbonyl (C=O) groups is 2. The molecule has 6 nitrogen and oxygen atoms in total. The molecular weight excluding hydrogens is 284 g/mol. The Morgan fingerprint density at radius 1 is 1.32 bits per heavy atom. The van der Waals surface area contributed by atoms with Gasteiger partial charge in [-0.3, -0.25) is 9.59 Å². The molecule has 2 unspecified atom stereocenters. The lowest BCUT2D eigenvalue weighted by Gasteiger charge is -2.26. The van der Waals surface area contributed by atoms with E-state index in [4.69, 9.17) is 9.47 Å². The molecule has 120 valence electrons. The van der Waals surface area contributed by atoms with Crippen molar-refractivity contribution in [3.05, 3.63) is 24.3 Å². The van der Waals surface area contributed by atoms with Gasteiger partial charge in [-0.2, -0.15) is 0 Å². The molecule has 0 aromatic heterocycles. The van der Waals surface area contributed by atoms with Gasteiger partial charge < -0.3 is 20.1 Å². The van der Waals surface area contributed by atoms with Crippen LogP contribution in [0.15, 0.2) is 24.3 Å². The zero-order valence-corrected chi connectivity index (χ0v) is 12.9. The summed E-state index contributed by atoms with van der Waals surface area (Å²) in [6.45, 7) is 2.55. The van der Waals surface area contributed by atoms with Crippen LogP contribution in [0.5, 0.6) is 11.5 Å². The Balaban J connectivity index is 1.83. The topological polar surface area (TPSA) is 76.7 Å². The van der Waals surface area contributed by atoms with E-state index in [-0.39, 0.29) is 12.6 Å². The van der Waals surface area contributed by atoms with Crippen molar-refractivity contribution in [2.75, 3.05) is 20.2 Å². The summed E-state index contributed by atoms with van der Waals surface area (Å²) >= 11 is 0. The quantitative estimate of drug-likeness (QED) is 0.732. The van der Waals surface area contributed by atoms with Gasteiger partial charge in [-0.15, -0.1) is 0 Å². The summed E-state index contributed by atoms with van der Waals surface area (Å²) in [5.41, 5.74) is 0.